The molecule has 8 aromatic rings. The van der Waals surface area contributed by atoms with Crippen LogP contribution < -0.4 is 5.32 Å². The number of hydrogen-bond acceptors (Lipinski definition) is 4. The van der Waals surface area contributed by atoms with E-state index in [1.165, 1.54) is 16.3 Å². The Morgan fingerprint density at radius 1 is 0.556 bits per heavy atom. The molecule has 0 fully saturated rings. The average Bonchev–Trinajstić information content (AvgIpc) is 3.61. The first-order chi connectivity index (χ1) is 22.2. The van der Waals surface area contributed by atoms with Crippen LogP contribution >= 0.6 is 0 Å². The second-order valence-corrected chi connectivity index (χ2v) is 11.5. The Hall–Kier alpha value is -5.94. The molecule has 5 heteroatoms. The van der Waals surface area contributed by atoms with E-state index in [0.717, 1.165) is 67.1 Å². The number of aromatic nitrogens is 1. The Bertz CT molecular complexity index is 2400. The van der Waals surface area contributed by atoms with Gasteiger partial charge in [-0.15, -0.1) is 0 Å². The lowest BCUT2D eigenvalue weighted by Crippen LogP contribution is -2.36. The molecule has 0 spiro atoms. The summed E-state index contributed by atoms with van der Waals surface area (Å²) >= 11 is 0. The van der Waals surface area contributed by atoms with Gasteiger partial charge in [0.05, 0.1) is 11.0 Å². The second-order valence-electron chi connectivity index (χ2n) is 11.5. The molecule has 0 saturated carbocycles. The standard InChI is InChI=1S/C40H28N4O/c1-25-21-36-32(22-30(25)40-42-38(26-13-5-2-6-14-26)41-39(43-40)27-15-7-3-8-16-27)33-23-31-29-19-11-12-20-34(29)44(28-17-9-4-10-18-28)35(31)24-37(33)45-36/h2-24,40H,1H3,(H,41,42,43). The van der Waals surface area contributed by atoms with Crippen molar-refractivity contribution in [2.45, 2.75) is 13.1 Å². The van der Waals surface area contributed by atoms with Gasteiger partial charge in [-0.1, -0.05) is 97.1 Å². The molecule has 5 nitrogen and oxygen atoms in total. The lowest BCUT2D eigenvalue weighted by Gasteiger charge is -2.23. The van der Waals surface area contributed by atoms with Gasteiger partial charge in [0, 0.05) is 50.0 Å². The molecule has 6 aromatic carbocycles. The predicted octanol–water partition coefficient (Wildman–Crippen LogP) is 9.49. The highest BCUT2D eigenvalue weighted by molar-refractivity contribution is 6.18. The fourth-order valence-corrected chi connectivity index (χ4v) is 6.61. The quantitative estimate of drug-likeness (QED) is 0.225. The summed E-state index contributed by atoms with van der Waals surface area (Å²) in [6.07, 6.45) is -0.408. The van der Waals surface area contributed by atoms with Crippen molar-refractivity contribution in [3.8, 4) is 5.69 Å². The number of hydrogen-bond donors (Lipinski definition) is 1. The number of furan rings is 1. The number of amidine groups is 2. The maximum absolute atomic E-state index is 6.55. The van der Waals surface area contributed by atoms with Crippen LogP contribution in [0.2, 0.25) is 0 Å². The molecule has 0 aliphatic carbocycles. The maximum atomic E-state index is 6.55. The Morgan fingerprint density at radius 2 is 1.13 bits per heavy atom. The van der Waals surface area contributed by atoms with Gasteiger partial charge in [0.2, 0.25) is 0 Å². The second kappa shape index (κ2) is 10.1. The summed E-state index contributed by atoms with van der Waals surface area (Å²) in [6.45, 7) is 2.12. The number of para-hydroxylation sites is 2. The van der Waals surface area contributed by atoms with Crippen LogP contribution in [0.25, 0.3) is 49.4 Å². The van der Waals surface area contributed by atoms with E-state index in [4.69, 9.17) is 14.4 Å². The summed E-state index contributed by atoms with van der Waals surface area (Å²) in [5, 5.41) is 8.06. The Labute approximate surface area is 259 Å². The highest BCUT2D eigenvalue weighted by Crippen LogP contribution is 2.40. The molecule has 0 bridgehead atoms. The Balaban J connectivity index is 1.26. The van der Waals surface area contributed by atoms with E-state index >= 15 is 0 Å². The molecule has 9 rings (SSSR count). The van der Waals surface area contributed by atoms with E-state index in [1.54, 1.807) is 0 Å². The van der Waals surface area contributed by atoms with E-state index < -0.39 is 6.17 Å². The van der Waals surface area contributed by atoms with Crippen molar-refractivity contribution in [3.63, 3.8) is 0 Å². The first kappa shape index (κ1) is 25.5. The zero-order chi connectivity index (χ0) is 29.9. The minimum atomic E-state index is -0.408. The number of fused-ring (bicyclic) bond motifs is 6. The van der Waals surface area contributed by atoms with Crippen LogP contribution in [0.15, 0.2) is 154 Å². The SMILES string of the molecule is Cc1cc2oc3cc4c(cc3c2cc1C1N=C(c2ccccc2)NC(c2ccccc2)=N1)c1ccccc1n4-c1ccccc1. The van der Waals surface area contributed by atoms with Crippen molar-refractivity contribution in [1.82, 2.24) is 9.88 Å². The highest BCUT2D eigenvalue weighted by atomic mass is 16.3. The van der Waals surface area contributed by atoms with Crippen molar-refractivity contribution in [1.29, 1.82) is 0 Å². The normalized spacial score (nSPS) is 13.8. The number of benzene rings is 6. The van der Waals surface area contributed by atoms with Crippen LogP contribution in [-0.4, -0.2) is 16.2 Å². The molecular formula is C40H28N4O. The smallest absolute Gasteiger partial charge is 0.170 e. The van der Waals surface area contributed by atoms with Gasteiger partial charge in [-0.2, -0.15) is 0 Å². The van der Waals surface area contributed by atoms with Gasteiger partial charge in [-0.05, 0) is 48.9 Å². The topological polar surface area (TPSA) is 54.8 Å². The molecule has 0 atom stereocenters. The lowest BCUT2D eigenvalue weighted by molar-refractivity contribution is 0.668. The van der Waals surface area contributed by atoms with Crippen molar-refractivity contribution in [2.24, 2.45) is 9.98 Å². The number of aryl methyl sites for hydroxylation is 1. The third kappa shape index (κ3) is 4.16. The van der Waals surface area contributed by atoms with E-state index in [1.807, 2.05) is 36.4 Å². The molecule has 1 aliphatic heterocycles. The Kier molecular flexibility index (Phi) is 5.72. The Morgan fingerprint density at radius 3 is 1.82 bits per heavy atom. The molecular weight excluding hydrogens is 552 g/mol. The van der Waals surface area contributed by atoms with Gasteiger partial charge in [-0.3, -0.25) is 0 Å². The van der Waals surface area contributed by atoms with Crippen LogP contribution in [-0.2, 0) is 0 Å². The third-order valence-electron chi connectivity index (χ3n) is 8.78. The zero-order valence-corrected chi connectivity index (χ0v) is 24.6. The van der Waals surface area contributed by atoms with Gasteiger partial charge in [0.25, 0.3) is 0 Å². The van der Waals surface area contributed by atoms with E-state index in [0.29, 0.717) is 0 Å². The summed E-state index contributed by atoms with van der Waals surface area (Å²) in [7, 11) is 0. The van der Waals surface area contributed by atoms with E-state index in [2.05, 4.69) is 120 Å². The molecule has 1 N–H and O–H groups in total. The predicted molar refractivity (Wildman–Crippen MR) is 185 cm³/mol. The summed E-state index contributed by atoms with van der Waals surface area (Å²) in [6, 6.07) is 48.4. The van der Waals surface area contributed by atoms with E-state index in [9.17, 15) is 0 Å². The highest BCUT2D eigenvalue weighted by Gasteiger charge is 2.24. The molecule has 45 heavy (non-hydrogen) atoms. The van der Waals surface area contributed by atoms with Crippen molar-refractivity contribution in [3.05, 3.63) is 162 Å². The van der Waals surface area contributed by atoms with Gasteiger partial charge in [0.1, 0.15) is 22.8 Å². The van der Waals surface area contributed by atoms with E-state index in [-0.39, 0.29) is 0 Å². The first-order valence-corrected chi connectivity index (χ1v) is 15.2. The van der Waals surface area contributed by atoms with Crippen molar-refractivity contribution < 1.29 is 4.42 Å². The van der Waals surface area contributed by atoms with Crippen LogP contribution in [0.5, 0.6) is 0 Å². The average molecular weight is 581 g/mol. The van der Waals surface area contributed by atoms with Gasteiger partial charge < -0.3 is 14.3 Å². The molecule has 0 saturated heterocycles. The summed E-state index contributed by atoms with van der Waals surface area (Å²) in [5.41, 5.74) is 9.34. The van der Waals surface area contributed by atoms with Crippen LogP contribution in [0.1, 0.15) is 28.4 Å². The fraction of sp³-hybridized carbons (Fsp3) is 0.0500. The summed E-state index contributed by atoms with van der Waals surface area (Å²) in [4.78, 5) is 10.3. The van der Waals surface area contributed by atoms with Gasteiger partial charge >= 0.3 is 0 Å². The first-order valence-electron chi connectivity index (χ1n) is 15.2. The molecule has 214 valence electrons. The third-order valence-corrected chi connectivity index (χ3v) is 8.78. The summed E-state index contributed by atoms with van der Waals surface area (Å²) in [5.74, 6) is 1.61. The summed E-state index contributed by atoms with van der Waals surface area (Å²) < 4.78 is 8.88. The number of rotatable bonds is 4. The number of aliphatic imine (C=N–C) groups is 2. The molecule has 0 unspecified atom stereocenters. The van der Waals surface area contributed by atoms with Gasteiger partial charge in [0.15, 0.2) is 6.17 Å². The van der Waals surface area contributed by atoms with Crippen LogP contribution in [0, 0.1) is 6.92 Å². The number of nitrogens with zero attached hydrogens (tertiary/aromatic N) is 3. The molecule has 0 amide bonds. The van der Waals surface area contributed by atoms with Crippen LogP contribution in [0.4, 0.5) is 0 Å². The molecule has 1 aliphatic rings. The minimum absolute atomic E-state index is 0.408. The van der Waals surface area contributed by atoms with Crippen molar-refractivity contribution >= 4 is 55.4 Å². The van der Waals surface area contributed by atoms with Gasteiger partial charge in [-0.25, -0.2) is 9.98 Å². The van der Waals surface area contributed by atoms with Crippen molar-refractivity contribution in [2.75, 3.05) is 0 Å². The molecule has 3 heterocycles. The minimum Gasteiger partial charge on any atom is -0.456 e. The van der Waals surface area contributed by atoms with Crippen LogP contribution in [0.3, 0.4) is 0 Å². The maximum Gasteiger partial charge on any atom is 0.170 e. The molecule has 2 aromatic heterocycles. The largest absolute Gasteiger partial charge is 0.456 e. The zero-order valence-electron chi connectivity index (χ0n) is 24.6. The monoisotopic (exact) mass is 580 g/mol. The lowest BCUT2D eigenvalue weighted by atomic mass is 10.0. The fourth-order valence-electron chi connectivity index (χ4n) is 6.61. The number of nitrogens with one attached hydrogen (secondary N) is 1. The molecule has 0 radical (unpaired) electrons.